The summed E-state index contributed by atoms with van der Waals surface area (Å²) in [5, 5.41) is 9.09. The number of nitrogens with zero attached hydrogens (tertiary/aromatic N) is 1. The number of carboxylic acids is 1. The summed E-state index contributed by atoms with van der Waals surface area (Å²) >= 11 is 0. The maximum atomic E-state index is 12.5. The van der Waals surface area contributed by atoms with Gasteiger partial charge in [0.15, 0.2) is 11.9 Å². The van der Waals surface area contributed by atoms with Crippen molar-refractivity contribution in [2.24, 2.45) is 0 Å². The molecule has 24 heavy (non-hydrogen) atoms. The molecule has 0 radical (unpaired) electrons. The molecule has 7 heteroatoms. The van der Waals surface area contributed by atoms with Crippen molar-refractivity contribution in [2.75, 3.05) is 13.1 Å². The monoisotopic (exact) mass is 331 g/mol. The minimum atomic E-state index is -1.09. The molecule has 0 spiro atoms. The maximum Gasteiger partial charge on any atom is 0.334 e. The van der Waals surface area contributed by atoms with Crippen LogP contribution in [0.15, 0.2) is 46.9 Å². The maximum absolute atomic E-state index is 12.5. The number of rotatable bonds is 4. The summed E-state index contributed by atoms with van der Waals surface area (Å²) in [5.74, 6) is -0.595. The zero-order valence-corrected chi connectivity index (χ0v) is 13.0. The fourth-order valence-electron chi connectivity index (χ4n) is 2.50. The lowest BCUT2D eigenvalue weighted by atomic mass is 10.2. The van der Waals surface area contributed by atoms with Gasteiger partial charge in [-0.15, -0.1) is 0 Å². The van der Waals surface area contributed by atoms with Crippen LogP contribution in [-0.4, -0.2) is 47.2 Å². The molecule has 1 aliphatic heterocycles. The third kappa shape index (κ3) is 3.57. The van der Waals surface area contributed by atoms with Gasteiger partial charge >= 0.3 is 5.97 Å². The molecule has 1 unspecified atom stereocenters. The topological polar surface area (TPSA) is 89.2 Å². The summed E-state index contributed by atoms with van der Waals surface area (Å²) < 4.78 is 16.3. The molecule has 1 aromatic carbocycles. The van der Waals surface area contributed by atoms with Gasteiger partial charge in [0.25, 0.3) is 11.9 Å². The molecule has 0 saturated carbocycles. The first kappa shape index (κ1) is 16.1. The fraction of sp³-hybridized carbons (Fsp3) is 0.294. The number of benzene rings is 1. The molecule has 0 bridgehead atoms. The molecule has 1 N–H and O–H groups in total. The zero-order chi connectivity index (χ0) is 17.1. The molecule has 1 amide bonds. The van der Waals surface area contributed by atoms with Crippen molar-refractivity contribution in [3.8, 4) is 11.7 Å². The van der Waals surface area contributed by atoms with E-state index in [1.165, 1.54) is 11.0 Å². The fourth-order valence-corrected chi connectivity index (χ4v) is 2.50. The molecule has 126 valence electrons. The zero-order valence-electron chi connectivity index (χ0n) is 13.0. The van der Waals surface area contributed by atoms with Gasteiger partial charge in [0.2, 0.25) is 0 Å². The van der Waals surface area contributed by atoms with Gasteiger partial charge in [-0.05, 0) is 25.1 Å². The van der Waals surface area contributed by atoms with Gasteiger partial charge in [0, 0.05) is 12.6 Å². The minimum Gasteiger partial charge on any atom is -0.479 e. The lowest BCUT2D eigenvalue weighted by molar-refractivity contribution is -0.160. The summed E-state index contributed by atoms with van der Waals surface area (Å²) in [6.07, 6.45) is -1.40. The van der Waals surface area contributed by atoms with Crippen LogP contribution in [0.1, 0.15) is 17.5 Å². The van der Waals surface area contributed by atoms with E-state index < -0.39 is 12.1 Å². The van der Waals surface area contributed by atoms with Crippen LogP contribution in [0.4, 0.5) is 0 Å². The first-order valence-corrected chi connectivity index (χ1v) is 7.53. The van der Waals surface area contributed by atoms with Crippen molar-refractivity contribution in [3.05, 3.63) is 48.2 Å². The Kier molecular flexibility index (Phi) is 4.52. The van der Waals surface area contributed by atoms with E-state index in [2.05, 4.69) is 0 Å². The molecule has 1 aliphatic rings. The van der Waals surface area contributed by atoms with E-state index in [1.807, 2.05) is 18.2 Å². The van der Waals surface area contributed by atoms with Gasteiger partial charge < -0.3 is 23.9 Å². The summed E-state index contributed by atoms with van der Waals surface area (Å²) in [4.78, 5) is 25.0. The number of ether oxygens (including phenoxy) is 2. The largest absolute Gasteiger partial charge is 0.479 e. The standard InChI is InChI=1S/C17H17NO6/c1-11-9-18(10-14(22-11)17(20)21)16(19)13-7-8-15(24-13)23-12-5-3-2-4-6-12/h2-8,11,14H,9-10H2,1H3,(H,20,21)/t11-,14?/m1/s1. The first-order chi connectivity index (χ1) is 11.5. The van der Waals surface area contributed by atoms with Gasteiger partial charge in [-0.25, -0.2) is 4.79 Å². The number of para-hydroxylation sites is 1. The molecule has 1 aromatic heterocycles. The molecule has 2 atom stereocenters. The highest BCUT2D eigenvalue weighted by Gasteiger charge is 2.34. The van der Waals surface area contributed by atoms with E-state index in [-0.39, 0.29) is 30.3 Å². The number of carbonyl (C=O) groups excluding carboxylic acids is 1. The van der Waals surface area contributed by atoms with Crippen LogP contribution in [0.3, 0.4) is 0 Å². The molecule has 1 saturated heterocycles. The Morgan fingerprint density at radius 1 is 1.17 bits per heavy atom. The Bertz CT molecular complexity index is 726. The highest BCUT2D eigenvalue weighted by molar-refractivity contribution is 5.92. The Balaban J connectivity index is 1.70. The third-order valence-electron chi connectivity index (χ3n) is 3.58. The van der Waals surface area contributed by atoms with Crippen molar-refractivity contribution in [1.82, 2.24) is 4.90 Å². The van der Waals surface area contributed by atoms with Gasteiger partial charge in [0.1, 0.15) is 5.75 Å². The second kappa shape index (κ2) is 6.76. The number of morpholine rings is 1. The summed E-state index contributed by atoms with van der Waals surface area (Å²) in [6.45, 7) is 2.01. The van der Waals surface area contributed by atoms with E-state index in [1.54, 1.807) is 25.1 Å². The molecule has 0 aliphatic carbocycles. The molecular formula is C17H17NO6. The molecular weight excluding hydrogens is 314 g/mol. The van der Waals surface area contributed by atoms with Crippen molar-refractivity contribution in [2.45, 2.75) is 19.1 Å². The summed E-state index contributed by atoms with van der Waals surface area (Å²) in [7, 11) is 0. The number of hydrogen-bond acceptors (Lipinski definition) is 5. The number of aliphatic carboxylic acids is 1. The molecule has 3 rings (SSSR count). The Morgan fingerprint density at radius 3 is 2.62 bits per heavy atom. The van der Waals surface area contributed by atoms with Crippen molar-refractivity contribution < 1.29 is 28.6 Å². The average Bonchev–Trinajstić information content (AvgIpc) is 3.03. The van der Waals surface area contributed by atoms with Crippen LogP contribution in [0.5, 0.6) is 11.7 Å². The lowest BCUT2D eigenvalue weighted by Crippen LogP contribution is -2.51. The smallest absolute Gasteiger partial charge is 0.334 e. The van der Waals surface area contributed by atoms with Crippen molar-refractivity contribution in [1.29, 1.82) is 0 Å². The van der Waals surface area contributed by atoms with Crippen LogP contribution in [0.25, 0.3) is 0 Å². The highest BCUT2D eigenvalue weighted by atomic mass is 16.6. The number of furan rings is 1. The van der Waals surface area contributed by atoms with Crippen LogP contribution in [0, 0.1) is 0 Å². The second-order valence-electron chi connectivity index (χ2n) is 5.52. The minimum absolute atomic E-state index is 0.0198. The van der Waals surface area contributed by atoms with E-state index in [0.717, 1.165) is 0 Å². The number of carboxylic acid groups (broad SMARTS) is 1. The Morgan fingerprint density at radius 2 is 1.92 bits per heavy atom. The Hall–Kier alpha value is -2.80. The number of carbonyl (C=O) groups is 2. The van der Waals surface area contributed by atoms with Gasteiger partial charge in [-0.3, -0.25) is 4.79 Å². The number of amides is 1. The molecule has 7 nitrogen and oxygen atoms in total. The van der Waals surface area contributed by atoms with Crippen LogP contribution < -0.4 is 4.74 Å². The van der Waals surface area contributed by atoms with Crippen LogP contribution in [0.2, 0.25) is 0 Å². The molecule has 1 fully saturated rings. The van der Waals surface area contributed by atoms with Crippen LogP contribution >= 0.6 is 0 Å². The molecule has 2 heterocycles. The average molecular weight is 331 g/mol. The van der Waals surface area contributed by atoms with Gasteiger partial charge in [-0.1, -0.05) is 18.2 Å². The van der Waals surface area contributed by atoms with E-state index >= 15 is 0 Å². The number of hydrogen-bond donors (Lipinski definition) is 1. The quantitative estimate of drug-likeness (QED) is 0.925. The van der Waals surface area contributed by atoms with Gasteiger partial charge in [-0.2, -0.15) is 0 Å². The van der Waals surface area contributed by atoms with E-state index in [4.69, 9.17) is 19.0 Å². The highest BCUT2D eigenvalue weighted by Crippen LogP contribution is 2.25. The molecule has 2 aromatic rings. The second-order valence-corrected chi connectivity index (χ2v) is 5.52. The SMILES string of the molecule is C[C@@H]1CN(C(=O)c2ccc(Oc3ccccc3)o2)CC(C(=O)O)O1. The van der Waals surface area contributed by atoms with Gasteiger partial charge in [0.05, 0.1) is 12.6 Å². The van der Waals surface area contributed by atoms with Crippen molar-refractivity contribution in [3.63, 3.8) is 0 Å². The lowest BCUT2D eigenvalue weighted by Gasteiger charge is -2.34. The van der Waals surface area contributed by atoms with E-state index in [0.29, 0.717) is 12.3 Å². The first-order valence-electron chi connectivity index (χ1n) is 7.53. The summed E-state index contributed by atoms with van der Waals surface area (Å²) in [5.41, 5.74) is 0. The Labute approximate surface area is 138 Å². The normalized spacial score (nSPS) is 20.6. The van der Waals surface area contributed by atoms with E-state index in [9.17, 15) is 9.59 Å². The third-order valence-corrected chi connectivity index (χ3v) is 3.58. The predicted molar refractivity (Wildman–Crippen MR) is 83.1 cm³/mol. The summed E-state index contributed by atoms with van der Waals surface area (Å²) in [6, 6.07) is 12.1. The van der Waals surface area contributed by atoms with Crippen molar-refractivity contribution >= 4 is 11.9 Å². The predicted octanol–water partition coefficient (Wildman–Crippen LogP) is 2.39. The van der Waals surface area contributed by atoms with Crippen LogP contribution in [-0.2, 0) is 9.53 Å².